The molecule has 0 amide bonds. The second-order valence-electron chi connectivity index (χ2n) is 2.49. The predicted octanol–water partition coefficient (Wildman–Crippen LogP) is 2.42. The average molecular weight is 200 g/mol. The van der Waals surface area contributed by atoms with Crippen LogP contribution in [-0.4, -0.2) is 17.7 Å². The van der Waals surface area contributed by atoms with Crippen LogP contribution in [0.3, 0.4) is 0 Å². The lowest BCUT2D eigenvalue weighted by Gasteiger charge is -2.00. The Hall–Kier alpha value is -1.58. The van der Waals surface area contributed by atoms with Crippen molar-refractivity contribution in [2.24, 2.45) is 0 Å². The zero-order valence-electron chi connectivity index (χ0n) is 8.21. The van der Waals surface area contributed by atoms with Crippen molar-refractivity contribution >= 4 is 5.97 Å². The van der Waals surface area contributed by atoms with Crippen LogP contribution in [0.5, 0.6) is 0 Å². The van der Waals surface area contributed by atoms with Gasteiger partial charge >= 0.3 is 5.97 Å². The smallest absolute Gasteiger partial charge is 0.333 e. The molecule has 78 valence electrons. The minimum absolute atomic E-state index is 0.0813. The van der Waals surface area contributed by atoms with E-state index in [4.69, 9.17) is 5.11 Å². The van der Waals surface area contributed by atoms with E-state index in [2.05, 4.69) is 11.3 Å². The van der Waals surface area contributed by atoms with Crippen LogP contribution in [0.2, 0.25) is 0 Å². The molecule has 3 nitrogen and oxygen atoms in total. The molecule has 0 fully saturated rings. The van der Waals surface area contributed by atoms with E-state index in [9.17, 15) is 9.18 Å². The van der Waals surface area contributed by atoms with E-state index in [0.717, 1.165) is 12.2 Å². The number of aliphatic hydroxyl groups excluding tert-OH is 1. The Balaban J connectivity index is 4.67. The minimum atomic E-state index is -0.912. The highest BCUT2D eigenvalue weighted by Gasteiger charge is 2.06. The van der Waals surface area contributed by atoms with Gasteiger partial charge in [-0.15, -0.1) is 0 Å². The normalized spacial score (nSPS) is 13.2. The molecule has 0 aliphatic heterocycles. The number of allylic oxidation sites excluding steroid dienone is 3. The first-order chi connectivity index (χ1) is 6.52. The first-order valence-corrected chi connectivity index (χ1v) is 4.09. The van der Waals surface area contributed by atoms with Crippen molar-refractivity contribution in [3.8, 4) is 0 Å². The van der Waals surface area contributed by atoms with Gasteiger partial charge in [0, 0.05) is 5.57 Å². The van der Waals surface area contributed by atoms with Crippen molar-refractivity contribution in [1.82, 2.24) is 0 Å². The molecule has 0 saturated carbocycles. The number of rotatable bonds is 4. The van der Waals surface area contributed by atoms with Gasteiger partial charge in [-0.25, -0.2) is 9.18 Å². The number of carbonyl (C=O) groups is 1. The monoisotopic (exact) mass is 200 g/mol. The fourth-order valence-corrected chi connectivity index (χ4v) is 0.665. The molecule has 0 aliphatic rings. The molecule has 0 aromatic carbocycles. The van der Waals surface area contributed by atoms with E-state index in [-0.39, 0.29) is 12.2 Å². The van der Waals surface area contributed by atoms with Gasteiger partial charge in [-0.3, -0.25) is 0 Å². The summed E-state index contributed by atoms with van der Waals surface area (Å²) in [5.74, 6) is -2.13. The van der Waals surface area contributed by atoms with E-state index in [1.54, 1.807) is 6.92 Å². The molecular weight excluding hydrogens is 187 g/mol. The van der Waals surface area contributed by atoms with Crippen molar-refractivity contribution in [2.45, 2.75) is 13.8 Å². The predicted molar refractivity (Wildman–Crippen MR) is 51.3 cm³/mol. The van der Waals surface area contributed by atoms with Crippen molar-refractivity contribution in [1.29, 1.82) is 0 Å². The summed E-state index contributed by atoms with van der Waals surface area (Å²) in [6, 6.07) is 0. The highest BCUT2D eigenvalue weighted by atomic mass is 19.1. The molecule has 0 heterocycles. The Morgan fingerprint density at radius 3 is 2.64 bits per heavy atom. The minimum Gasteiger partial charge on any atom is -0.505 e. The van der Waals surface area contributed by atoms with Crippen LogP contribution in [-0.2, 0) is 9.53 Å². The van der Waals surface area contributed by atoms with Crippen molar-refractivity contribution in [3.05, 3.63) is 35.9 Å². The van der Waals surface area contributed by atoms with Gasteiger partial charge in [0.15, 0.2) is 11.6 Å². The molecular formula is C10H13FO3. The molecule has 0 rings (SSSR count). The molecule has 0 unspecified atom stereocenters. The molecule has 0 aliphatic carbocycles. The summed E-state index contributed by atoms with van der Waals surface area (Å²) in [6.45, 7) is 6.45. The molecule has 1 N–H and O–H groups in total. The number of hydrogen-bond donors (Lipinski definition) is 1. The molecule has 0 spiro atoms. The summed E-state index contributed by atoms with van der Waals surface area (Å²) in [5.41, 5.74) is 0.0813. The zero-order valence-corrected chi connectivity index (χ0v) is 8.21. The van der Waals surface area contributed by atoms with Crippen LogP contribution in [0.1, 0.15) is 13.8 Å². The van der Waals surface area contributed by atoms with Crippen molar-refractivity contribution in [2.75, 3.05) is 6.61 Å². The lowest BCUT2D eigenvalue weighted by Crippen LogP contribution is -2.05. The fourth-order valence-electron chi connectivity index (χ4n) is 0.665. The molecule has 0 radical (unpaired) electrons. The molecule has 0 aromatic rings. The molecule has 0 atom stereocenters. The van der Waals surface area contributed by atoms with E-state index >= 15 is 0 Å². The standard InChI is InChI=1S/C10H13FO3/c1-4-9(12)8(11)6-7(3)10(13)14-5-2/h4,6,12H,1,5H2,2-3H3/b7-6+,9-8-. The third-order valence-electron chi connectivity index (χ3n) is 1.38. The largest absolute Gasteiger partial charge is 0.505 e. The number of carbonyl (C=O) groups excluding carboxylic acids is 1. The van der Waals surface area contributed by atoms with Crippen LogP contribution >= 0.6 is 0 Å². The van der Waals surface area contributed by atoms with Crippen molar-refractivity contribution in [3.63, 3.8) is 0 Å². The van der Waals surface area contributed by atoms with Crippen LogP contribution < -0.4 is 0 Å². The molecule has 4 heteroatoms. The first-order valence-electron chi connectivity index (χ1n) is 4.09. The summed E-state index contributed by atoms with van der Waals surface area (Å²) >= 11 is 0. The second-order valence-corrected chi connectivity index (χ2v) is 2.49. The zero-order chi connectivity index (χ0) is 11.1. The van der Waals surface area contributed by atoms with Gasteiger partial charge in [-0.05, 0) is 26.0 Å². The Morgan fingerprint density at radius 1 is 1.64 bits per heavy atom. The summed E-state index contributed by atoms with van der Waals surface area (Å²) < 4.78 is 17.5. The Kier molecular flexibility index (Phi) is 5.29. The lowest BCUT2D eigenvalue weighted by molar-refractivity contribution is -0.138. The molecule has 14 heavy (non-hydrogen) atoms. The molecule has 0 saturated heterocycles. The van der Waals surface area contributed by atoms with Crippen LogP contribution in [0.25, 0.3) is 0 Å². The lowest BCUT2D eigenvalue weighted by atomic mass is 10.2. The van der Waals surface area contributed by atoms with Crippen LogP contribution in [0.4, 0.5) is 4.39 Å². The van der Waals surface area contributed by atoms with Gasteiger partial charge < -0.3 is 9.84 Å². The fraction of sp³-hybridized carbons (Fsp3) is 0.300. The summed E-state index contributed by atoms with van der Waals surface area (Å²) in [4.78, 5) is 11.0. The molecule has 0 bridgehead atoms. The average Bonchev–Trinajstić information content (AvgIpc) is 2.16. The van der Waals surface area contributed by atoms with Crippen LogP contribution in [0.15, 0.2) is 35.9 Å². The maximum absolute atomic E-state index is 12.9. The quantitative estimate of drug-likeness (QED) is 0.328. The summed E-state index contributed by atoms with van der Waals surface area (Å²) in [6.07, 6.45) is 1.85. The topological polar surface area (TPSA) is 46.5 Å². The Labute approximate surface area is 82.2 Å². The van der Waals surface area contributed by atoms with Gasteiger partial charge in [0.2, 0.25) is 0 Å². The van der Waals surface area contributed by atoms with Gasteiger partial charge in [-0.1, -0.05) is 6.58 Å². The third-order valence-corrected chi connectivity index (χ3v) is 1.38. The Bertz CT molecular complexity index is 290. The number of aliphatic hydroxyl groups is 1. The maximum Gasteiger partial charge on any atom is 0.333 e. The second kappa shape index (κ2) is 5.96. The van der Waals surface area contributed by atoms with Gasteiger partial charge in [-0.2, -0.15) is 0 Å². The first kappa shape index (κ1) is 12.4. The summed E-state index contributed by atoms with van der Waals surface area (Å²) in [5, 5.41) is 8.88. The van der Waals surface area contributed by atoms with E-state index < -0.39 is 17.6 Å². The highest BCUT2D eigenvalue weighted by molar-refractivity contribution is 5.88. The number of esters is 1. The number of halogens is 1. The SMILES string of the molecule is C=C/C(O)=C(F)\C=C(/C)C(=O)OCC. The Morgan fingerprint density at radius 2 is 2.21 bits per heavy atom. The van der Waals surface area contributed by atoms with Gasteiger partial charge in [0.25, 0.3) is 0 Å². The summed E-state index contributed by atoms with van der Waals surface area (Å²) in [7, 11) is 0. The van der Waals surface area contributed by atoms with E-state index in [0.29, 0.717) is 0 Å². The third kappa shape index (κ3) is 3.89. The van der Waals surface area contributed by atoms with E-state index in [1.165, 1.54) is 6.92 Å². The highest BCUT2D eigenvalue weighted by Crippen LogP contribution is 2.09. The van der Waals surface area contributed by atoms with Crippen LogP contribution in [0, 0.1) is 0 Å². The van der Waals surface area contributed by atoms with E-state index in [1.807, 2.05) is 0 Å². The molecule has 0 aromatic heterocycles. The number of ether oxygens (including phenoxy) is 1. The maximum atomic E-state index is 12.9. The number of hydrogen-bond acceptors (Lipinski definition) is 3. The van der Waals surface area contributed by atoms with Gasteiger partial charge in [0.05, 0.1) is 6.61 Å². The van der Waals surface area contributed by atoms with Crippen molar-refractivity contribution < 1.29 is 19.0 Å². The van der Waals surface area contributed by atoms with Gasteiger partial charge in [0.1, 0.15) is 0 Å².